The number of aromatic amines is 1. The van der Waals surface area contributed by atoms with Crippen LogP contribution in [-0.4, -0.2) is 39.0 Å². The summed E-state index contributed by atoms with van der Waals surface area (Å²) in [6.07, 6.45) is 7.27. The zero-order chi connectivity index (χ0) is 34.6. The van der Waals surface area contributed by atoms with Gasteiger partial charge in [0.15, 0.2) is 23.4 Å². The molecule has 4 atom stereocenters. The molecule has 0 radical (unpaired) electrons. The van der Waals surface area contributed by atoms with Crippen LogP contribution in [0.5, 0.6) is 5.75 Å². The number of allylic oxidation sites excluding steroid dienone is 1. The molecule has 11 nitrogen and oxygen atoms in total. The predicted octanol–water partition coefficient (Wildman–Crippen LogP) is 6.76. The quantitative estimate of drug-likeness (QED) is 0.150. The minimum absolute atomic E-state index is 0.125. The van der Waals surface area contributed by atoms with Crippen molar-refractivity contribution in [1.82, 2.24) is 25.6 Å². The smallest absolute Gasteiger partial charge is 0.249 e. The van der Waals surface area contributed by atoms with Crippen LogP contribution in [0.15, 0.2) is 88.0 Å². The van der Waals surface area contributed by atoms with Crippen molar-refractivity contribution >= 4 is 28.4 Å². The number of para-hydroxylation sites is 1. The summed E-state index contributed by atoms with van der Waals surface area (Å²) >= 11 is 0. The van der Waals surface area contributed by atoms with E-state index in [9.17, 15) is 9.59 Å². The first-order valence-electron chi connectivity index (χ1n) is 17.4. The third-order valence-electron chi connectivity index (χ3n) is 10.7. The summed E-state index contributed by atoms with van der Waals surface area (Å²) in [6, 6.07) is 17.0. The lowest BCUT2D eigenvalue weighted by molar-refractivity contribution is -0.128. The molecular formula is C40H34N6O5. The summed E-state index contributed by atoms with van der Waals surface area (Å²) in [5.41, 5.74) is 6.90. The van der Waals surface area contributed by atoms with Crippen LogP contribution in [0.1, 0.15) is 61.6 Å². The van der Waals surface area contributed by atoms with Crippen molar-refractivity contribution in [1.29, 1.82) is 0 Å². The van der Waals surface area contributed by atoms with Crippen molar-refractivity contribution in [2.24, 2.45) is 5.92 Å². The Bertz CT molecular complexity index is 2470. The Morgan fingerprint density at radius 3 is 2.78 bits per heavy atom. The third kappa shape index (κ3) is 4.11. The summed E-state index contributed by atoms with van der Waals surface area (Å²) in [6.45, 7) is 5.95. The molecule has 10 bridgehead atoms. The molecule has 4 N–H and O–H groups in total. The molecule has 10 rings (SSSR count). The van der Waals surface area contributed by atoms with Crippen molar-refractivity contribution in [2.75, 3.05) is 5.32 Å². The monoisotopic (exact) mass is 678 g/mol. The first-order valence-corrected chi connectivity index (χ1v) is 17.4. The van der Waals surface area contributed by atoms with Crippen LogP contribution < -0.4 is 20.7 Å². The SMILES string of the molecule is CC/C=C/C(=O)N[C@H]1Cc2ccc3c(c2)[C@]24c5cccc(c5NC2O3)-c2cccc3[nH]cc(c23)-c2cnc(o2)-c2nc(oc24)[C@H](C(C)C)NC1=O. The number of fused-ring (bicyclic) bond motifs is 7. The van der Waals surface area contributed by atoms with Crippen LogP contribution >= 0.6 is 0 Å². The largest absolute Gasteiger partial charge is 0.469 e. The fourth-order valence-electron chi connectivity index (χ4n) is 8.30. The molecule has 51 heavy (non-hydrogen) atoms. The number of carbonyl (C=O) groups excluding carboxylic acids is 2. The number of hydrogen-bond donors (Lipinski definition) is 4. The highest BCUT2D eigenvalue weighted by atomic mass is 16.5. The zero-order valence-corrected chi connectivity index (χ0v) is 28.2. The Hall–Kier alpha value is -6.10. The Labute approximate surface area is 292 Å². The maximum atomic E-state index is 14.1. The lowest BCUT2D eigenvalue weighted by Gasteiger charge is -2.28. The van der Waals surface area contributed by atoms with Gasteiger partial charge >= 0.3 is 0 Å². The van der Waals surface area contributed by atoms with Gasteiger partial charge in [0.05, 0.1) is 6.20 Å². The number of amides is 2. The number of hydrogen-bond acceptors (Lipinski definition) is 8. The highest BCUT2D eigenvalue weighted by Gasteiger charge is 2.61. The topological polar surface area (TPSA) is 147 Å². The van der Waals surface area contributed by atoms with E-state index in [2.05, 4.69) is 57.3 Å². The number of aromatic nitrogens is 3. The minimum atomic E-state index is -1.02. The number of nitrogens with zero attached hydrogens (tertiary/aromatic N) is 2. The second kappa shape index (κ2) is 10.7. The average molecular weight is 679 g/mol. The Kier molecular flexibility index (Phi) is 6.25. The summed E-state index contributed by atoms with van der Waals surface area (Å²) in [5.74, 6) is 1.58. The van der Waals surface area contributed by atoms with E-state index in [0.29, 0.717) is 41.2 Å². The second-order valence-electron chi connectivity index (χ2n) is 14.0. The van der Waals surface area contributed by atoms with E-state index in [1.807, 2.05) is 45.2 Å². The second-order valence-corrected chi connectivity index (χ2v) is 14.0. The molecule has 0 saturated carbocycles. The first kappa shape index (κ1) is 29.8. The van der Waals surface area contributed by atoms with Crippen LogP contribution in [0.25, 0.3) is 44.9 Å². The van der Waals surface area contributed by atoms with E-state index >= 15 is 0 Å². The Morgan fingerprint density at radius 1 is 1.06 bits per heavy atom. The number of H-pyrrole nitrogens is 1. The molecule has 0 aliphatic carbocycles. The number of anilines is 1. The number of benzene rings is 3. The van der Waals surface area contributed by atoms with Crippen LogP contribution in [0.4, 0.5) is 5.69 Å². The summed E-state index contributed by atoms with van der Waals surface area (Å²) in [4.78, 5) is 40.4. The number of carbonyl (C=O) groups is 2. The first-order chi connectivity index (χ1) is 24.8. The zero-order valence-electron chi connectivity index (χ0n) is 28.2. The van der Waals surface area contributed by atoms with Gasteiger partial charge in [-0.05, 0) is 41.7 Å². The summed E-state index contributed by atoms with van der Waals surface area (Å²) in [7, 11) is 0. The van der Waals surface area contributed by atoms with Gasteiger partial charge in [0.25, 0.3) is 0 Å². The van der Waals surface area contributed by atoms with Crippen LogP contribution in [0, 0.1) is 5.92 Å². The highest BCUT2D eigenvalue weighted by molar-refractivity contribution is 6.07. The molecule has 4 aliphatic rings. The lowest BCUT2D eigenvalue weighted by Crippen LogP contribution is -2.49. The van der Waals surface area contributed by atoms with E-state index < -0.39 is 23.7 Å². The van der Waals surface area contributed by atoms with Gasteiger partial charge < -0.3 is 34.5 Å². The molecule has 254 valence electrons. The number of ether oxygens (including phenoxy) is 1. The van der Waals surface area contributed by atoms with Gasteiger partial charge in [-0.25, -0.2) is 9.97 Å². The van der Waals surface area contributed by atoms with E-state index in [1.165, 1.54) is 6.08 Å². The minimum Gasteiger partial charge on any atom is -0.469 e. The summed E-state index contributed by atoms with van der Waals surface area (Å²) < 4.78 is 20.4. The van der Waals surface area contributed by atoms with Crippen molar-refractivity contribution in [2.45, 2.75) is 57.3 Å². The third-order valence-corrected chi connectivity index (χ3v) is 10.7. The average Bonchev–Trinajstić information content (AvgIpc) is 3.95. The Balaban J connectivity index is 1.29. The molecule has 3 aromatic carbocycles. The van der Waals surface area contributed by atoms with Gasteiger partial charge in [0, 0.05) is 51.5 Å². The number of rotatable bonds is 4. The molecule has 0 saturated heterocycles. The fraction of sp³-hybridized carbons (Fsp3) is 0.250. The normalized spacial score (nSPS) is 22.2. The molecular weight excluding hydrogens is 644 g/mol. The molecule has 1 spiro atoms. The summed E-state index contributed by atoms with van der Waals surface area (Å²) in [5, 5.41) is 10.9. The van der Waals surface area contributed by atoms with Crippen LogP contribution in [-0.2, 0) is 21.4 Å². The van der Waals surface area contributed by atoms with E-state index in [4.69, 9.17) is 23.5 Å². The lowest BCUT2D eigenvalue weighted by atomic mass is 9.72. The fourth-order valence-corrected chi connectivity index (χ4v) is 8.30. The van der Waals surface area contributed by atoms with Gasteiger partial charge in [0.2, 0.25) is 23.6 Å². The maximum absolute atomic E-state index is 14.1. The molecule has 0 fully saturated rings. The maximum Gasteiger partial charge on any atom is 0.249 e. The van der Waals surface area contributed by atoms with Crippen molar-refractivity contribution < 1.29 is 23.2 Å². The number of nitrogens with one attached hydrogen (secondary N) is 4. The number of oxazole rings is 2. The van der Waals surface area contributed by atoms with Gasteiger partial charge in [-0.2, -0.15) is 0 Å². The molecule has 6 aromatic rings. The predicted molar refractivity (Wildman–Crippen MR) is 190 cm³/mol. The van der Waals surface area contributed by atoms with Gasteiger partial charge in [-0.3, -0.25) is 9.59 Å². The van der Waals surface area contributed by atoms with Crippen LogP contribution in [0.2, 0.25) is 0 Å². The Morgan fingerprint density at radius 2 is 1.92 bits per heavy atom. The van der Waals surface area contributed by atoms with Crippen molar-refractivity contribution in [3.8, 4) is 39.8 Å². The van der Waals surface area contributed by atoms with E-state index in [0.717, 1.165) is 50.0 Å². The van der Waals surface area contributed by atoms with Gasteiger partial charge in [0.1, 0.15) is 23.2 Å². The van der Waals surface area contributed by atoms with Gasteiger partial charge in [-0.15, -0.1) is 0 Å². The highest BCUT2D eigenvalue weighted by Crippen LogP contribution is 2.61. The molecule has 1 unspecified atom stereocenters. The standard InChI is InChI=1S/C40H34N6O5/c1-4-5-12-30(47)43-27-16-20-13-14-28-25(15-20)40-24-10-6-9-22(33(24)46-39(40)50-28)21-8-7-11-26-31(21)23(17-41-26)29-18-42-37(49-29)34-35(40)51-38(45-34)32(19(2)3)44-36(27)48/h5-15,17-19,27,32,39,41,46H,4,16H2,1-3H3,(H,43,47)(H,44,48)/b12-5+/t27-,32-,39?,40-/m0/s1. The van der Waals surface area contributed by atoms with Gasteiger partial charge in [-0.1, -0.05) is 69.3 Å². The molecule has 4 aliphatic heterocycles. The van der Waals surface area contributed by atoms with E-state index in [1.54, 1.807) is 12.3 Å². The van der Waals surface area contributed by atoms with Crippen molar-refractivity contribution in [3.05, 3.63) is 107 Å². The molecule has 2 amide bonds. The van der Waals surface area contributed by atoms with Crippen molar-refractivity contribution in [3.63, 3.8) is 0 Å². The van der Waals surface area contributed by atoms with E-state index in [-0.39, 0.29) is 24.2 Å². The molecule has 11 heteroatoms. The van der Waals surface area contributed by atoms with Crippen LogP contribution in [0.3, 0.4) is 0 Å². The molecule has 7 heterocycles. The molecule has 3 aromatic heterocycles.